The zero-order valence-corrected chi connectivity index (χ0v) is 12.9. The van der Waals surface area contributed by atoms with E-state index in [4.69, 9.17) is 4.74 Å². The first-order chi connectivity index (χ1) is 10.2. The first kappa shape index (κ1) is 15.3. The lowest BCUT2D eigenvalue weighted by Crippen LogP contribution is -2.11. The lowest BCUT2D eigenvalue weighted by atomic mass is 10.1. The Balaban J connectivity index is 2.04. The van der Waals surface area contributed by atoms with Gasteiger partial charge in [-0.3, -0.25) is 0 Å². The van der Waals surface area contributed by atoms with Crippen molar-refractivity contribution in [1.82, 2.24) is 10.3 Å². The minimum Gasteiger partial charge on any atom is -0.473 e. The van der Waals surface area contributed by atoms with Crippen molar-refractivity contribution >= 4 is 6.08 Å². The van der Waals surface area contributed by atoms with E-state index in [0.717, 1.165) is 23.7 Å². The smallest absolute Gasteiger partial charge is 0.218 e. The molecule has 2 rings (SSSR count). The van der Waals surface area contributed by atoms with Crippen molar-refractivity contribution in [3.05, 3.63) is 64.9 Å². The fourth-order valence-electron chi connectivity index (χ4n) is 2.22. The molecule has 0 aliphatic heterocycles. The average molecular weight is 282 g/mol. The predicted octanol–water partition coefficient (Wildman–Crippen LogP) is 3.51. The summed E-state index contributed by atoms with van der Waals surface area (Å²) in [6, 6.07) is 12.3. The van der Waals surface area contributed by atoms with Crippen LogP contribution < -0.4 is 10.1 Å². The molecule has 1 aromatic carbocycles. The topological polar surface area (TPSA) is 34.2 Å². The van der Waals surface area contributed by atoms with E-state index in [1.165, 1.54) is 11.1 Å². The highest BCUT2D eigenvalue weighted by Gasteiger charge is 2.08. The molecule has 110 valence electrons. The molecule has 0 saturated carbocycles. The van der Waals surface area contributed by atoms with Gasteiger partial charge in [0, 0.05) is 17.8 Å². The van der Waals surface area contributed by atoms with Crippen molar-refractivity contribution in [1.29, 1.82) is 0 Å². The number of ether oxygens (including phenoxy) is 1. The van der Waals surface area contributed by atoms with Crippen molar-refractivity contribution in [2.24, 2.45) is 0 Å². The van der Waals surface area contributed by atoms with Gasteiger partial charge in [-0.05, 0) is 44.2 Å². The van der Waals surface area contributed by atoms with Gasteiger partial charge in [-0.25, -0.2) is 4.98 Å². The third-order valence-electron chi connectivity index (χ3n) is 3.22. The molecule has 3 nitrogen and oxygen atoms in total. The third kappa shape index (κ3) is 4.43. The Morgan fingerprint density at radius 2 is 1.95 bits per heavy atom. The Morgan fingerprint density at radius 1 is 1.19 bits per heavy atom. The van der Waals surface area contributed by atoms with Crippen molar-refractivity contribution in [2.75, 3.05) is 13.7 Å². The summed E-state index contributed by atoms with van der Waals surface area (Å²) >= 11 is 0. The Morgan fingerprint density at radius 3 is 2.67 bits per heavy atom. The van der Waals surface area contributed by atoms with Gasteiger partial charge in [0.2, 0.25) is 5.88 Å². The van der Waals surface area contributed by atoms with E-state index in [1.807, 2.05) is 38.2 Å². The van der Waals surface area contributed by atoms with E-state index in [-0.39, 0.29) is 0 Å². The van der Waals surface area contributed by atoms with Crippen LogP contribution in [-0.4, -0.2) is 18.6 Å². The fourth-order valence-corrected chi connectivity index (χ4v) is 2.22. The van der Waals surface area contributed by atoms with E-state index in [2.05, 4.69) is 41.5 Å². The molecule has 2 aromatic rings. The lowest BCUT2D eigenvalue weighted by Gasteiger charge is -2.12. The van der Waals surface area contributed by atoms with Gasteiger partial charge in [-0.15, -0.1) is 0 Å². The van der Waals surface area contributed by atoms with E-state index < -0.39 is 0 Å². The summed E-state index contributed by atoms with van der Waals surface area (Å²) in [5, 5.41) is 3.16. The Bertz CT molecular complexity index is 606. The lowest BCUT2D eigenvalue weighted by molar-refractivity contribution is 0.342. The summed E-state index contributed by atoms with van der Waals surface area (Å²) in [5.74, 6) is 0.722. The summed E-state index contributed by atoms with van der Waals surface area (Å²) in [5.41, 5.74) is 4.48. The van der Waals surface area contributed by atoms with Crippen LogP contribution in [0.1, 0.15) is 22.4 Å². The van der Waals surface area contributed by atoms with Gasteiger partial charge in [0.05, 0.1) is 0 Å². The molecular formula is C18H22N2O. The maximum Gasteiger partial charge on any atom is 0.218 e. The van der Waals surface area contributed by atoms with E-state index in [1.54, 1.807) is 0 Å². The van der Waals surface area contributed by atoms with Gasteiger partial charge < -0.3 is 10.1 Å². The molecule has 0 aliphatic rings. The molecule has 3 heteroatoms. The maximum atomic E-state index is 5.84. The molecule has 0 amide bonds. The molecule has 0 bridgehead atoms. The predicted molar refractivity (Wildman–Crippen MR) is 87.4 cm³/mol. The number of rotatable bonds is 6. The summed E-state index contributed by atoms with van der Waals surface area (Å²) in [4.78, 5) is 4.50. The highest BCUT2D eigenvalue weighted by molar-refractivity contribution is 5.48. The monoisotopic (exact) mass is 282 g/mol. The SMILES string of the molecule is CNCc1c(C)cc(C)nc1OCC=Cc1ccccc1. The van der Waals surface area contributed by atoms with Crippen molar-refractivity contribution < 1.29 is 4.74 Å². The van der Waals surface area contributed by atoms with Crippen LogP contribution in [0.3, 0.4) is 0 Å². The Hall–Kier alpha value is -2.13. The third-order valence-corrected chi connectivity index (χ3v) is 3.22. The maximum absolute atomic E-state index is 5.84. The molecule has 1 heterocycles. The van der Waals surface area contributed by atoms with Crippen LogP contribution in [0.4, 0.5) is 0 Å². The summed E-state index contributed by atoms with van der Waals surface area (Å²) < 4.78 is 5.84. The Labute approximate surface area is 126 Å². The number of benzene rings is 1. The van der Waals surface area contributed by atoms with E-state index >= 15 is 0 Å². The summed E-state index contributed by atoms with van der Waals surface area (Å²) in [7, 11) is 1.93. The second-order valence-corrected chi connectivity index (χ2v) is 5.02. The first-order valence-electron chi connectivity index (χ1n) is 7.17. The quantitative estimate of drug-likeness (QED) is 0.880. The molecule has 1 aromatic heterocycles. The molecule has 21 heavy (non-hydrogen) atoms. The number of hydrogen-bond donors (Lipinski definition) is 1. The second kappa shape index (κ2) is 7.60. The van der Waals surface area contributed by atoms with Gasteiger partial charge in [0.25, 0.3) is 0 Å². The van der Waals surface area contributed by atoms with E-state index in [0.29, 0.717) is 6.61 Å². The van der Waals surface area contributed by atoms with Crippen LogP contribution in [0.15, 0.2) is 42.5 Å². The highest BCUT2D eigenvalue weighted by atomic mass is 16.5. The van der Waals surface area contributed by atoms with Gasteiger partial charge >= 0.3 is 0 Å². The number of nitrogens with one attached hydrogen (secondary N) is 1. The largest absolute Gasteiger partial charge is 0.473 e. The van der Waals surface area contributed by atoms with E-state index in [9.17, 15) is 0 Å². The van der Waals surface area contributed by atoms with Crippen LogP contribution in [0, 0.1) is 13.8 Å². The van der Waals surface area contributed by atoms with Gasteiger partial charge in [0.1, 0.15) is 6.61 Å². The molecule has 0 saturated heterocycles. The number of nitrogens with zero attached hydrogens (tertiary/aromatic N) is 1. The minimum atomic E-state index is 0.515. The van der Waals surface area contributed by atoms with Crippen molar-refractivity contribution in [3.63, 3.8) is 0 Å². The zero-order valence-electron chi connectivity index (χ0n) is 12.9. The summed E-state index contributed by atoms with van der Waals surface area (Å²) in [6.45, 7) is 5.36. The highest BCUT2D eigenvalue weighted by Crippen LogP contribution is 2.20. The van der Waals surface area contributed by atoms with Crippen molar-refractivity contribution in [3.8, 4) is 5.88 Å². The molecule has 1 N–H and O–H groups in total. The number of aryl methyl sites for hydroxylation is 2. The van der Waals surface area contributed by atoms with Crippen molar-refractivity contribution in [2.45, 2.75) is 20.4 Å². The summed E-state index contributed by atoms with van der Waals surface area (Å²) in [6.07, 6.45) is 4.07. The zero-order chi connectivity index (χ0) is 15.1. The number of hydrogen-bond acceptors (Lipinski definition) is 3. The first-order valence-corrected chi connectivity index (χ1v) is 7.17. The molecule has 0 radical (unpaired) electrons. The standard InChI is InChI=1S/C18H22N2O/c1-14-12-15(2)20-18(17(14)13-19-3)21-11-7-10-16-8-5-4-6-9-16/h4-10,12,19H,11,13H2,1-3H3. The number of aromatic nitrogens is 1. The van der Waals surface area contributed by atoms with Gasteiger partial charge in [-0.2, -0.15) is 0 Å². The molecule has 0 unspecified atom stereocenters. The molecule has 0 atom stereocenters. The number of pyridine rings is 1. The molecule has 0 aliphatic carbocycles. The van der Waals surface area contributed by atoms with Gasteiger partial charge in [0.15, 0.2) is 0 Å². The van der Waals surface area contributed by atoms with Crippen LogP contribution in [-0.2, 0) is 6.54 Å². The fraction of sp³-hybridized carbons (Fsp3) is 0.278. The normalized spacial score (nSPS) is 11.0. The molecule has 0 fully saturated rings. The van der Waals surface area contributed by atoms with Crippen LogP contribution >= 0.6 is 0 Å². The molecule has 0 spiro atoms. The average Bonchev–Trinajstić information content (AvgIpc) is 2.48. The Kier molecular flexibility index (Phi) is 5.52. The van der Waals surface area contributed by atoms with Gasteiger partial charge in [-0.1, -0.05) is 36.4 Å². The minimum absolute atomic E-state index is 0.515. The second-order valence-electron chi connectivity index (χ2n) is 5.02. The van der Waals surface area contributed by atoms with Crippen LogP contribution in [0.2, 0.25) is 0 Å². The van der Waals surface area contributed by atoms with Crippen LogP contribution in [0.5, 0.6) is 5.88 Å². The molecular weight excluding hydrogens is 260 g/mol. The van der Waals surface area contributed by atoms with Crippen LogP contribution in [0.25, 0.3) is 6.08 Å².